The maximum Gasteiger partial charge on any atom is 0.339 e. The summed E-state index contributed by atoms with van der Waals surface area (Å²) < 4.78 is 15.3. The van der Waals surface area contributed by atoms with Gasteiger partial charge in [0.05, 0.1) is 19.3 Å². The molecule has 5 heteroatoms. The molecule has 0 saturated heterocycles. The molecule has 0 amide bonds. The first-order valence-corrected chi connectivity index (χ1v) is 4.37. The standard InChI is InChI=1S/C10H10O5/c1-13-8-3-2-6(10(11)12)9-7(8)4-14-5-15-9/h2-3H,4-5H2,1H3,(H,11,12). The van der Waals surface area contributed by atoms with Crippen molar-refractivity contribution in [2.75, 3.05) is 13.9 Å². The van der Waals surface area contributed by atoms with Crippen LogP contribution in [0.25, 0.3) is 0 Å². The van der Waals surface area contributed by atoms with Crippen LogP contribution in [0.3, 0.4) is 0 Å². The number of ether oxygens (including phenoxy) is 3. The molecule has 0 spiro atoms. The number of fused-ring (bicyclic) bond motifs is 1. The number of hydrogen-bond donors (Lipinski definition) is 1. The van der Waals surface area contributed by atoms with E-state index in [2.05, 4.69) is 0 Å². The number of carboxylic acids is 1. The Morgan fingerprint density at radius 3 is 3.00 bits per heavy atom. The molecule has 1 aliphatic rings. The third-order valence-electron chi connectivity index (χ3n) is 2.20. The maximum atomic E-state index is 10.9. The van der Waals surface area contributed by atoms with Gasteiger partial charge in [-0.25, -0.2) is 4.79 Å². The molecule has 0 radical (unpaired) electrons. The van der Waals surface area contributed by atoms with Crippen molar-refractivity contribution in [1.82, 2.24) is 0 Å². The Morgan fingerprint density at radius 1 is 1.53 bits per heavy atom. The molecule has 0 unspecified atom stereocenters. The van der Waals surface area contributed by atoms with Crippen molar-refractivity contribution in [3.05, 3.63) is 23.3 Å². The Labute approximate surface area is 86.2 Å². The van der Waals surface area contributed by atoms with Gasteiger partial charge in [-0.1, -0.05) is 0 Å². The van der Waals surface area contributed by atoms with Crippen molar-refractivity contribution in [3.63, 3.8) is 0 Å². The van der Waals surface area contributed by atoms with Crippen LogP contribution in [0.1, 0.15) is 15.9 Å². The number of hydrogen-bond acceptors (Lipinski definition) is 4. The third kappa shape index (κ3) is 1.61. The summed E-state index contributed by atoms with van der Waals surface area (Å²) in [6.07, 6.45) is 0. The predicted molar refractivity (Wildman–Crippen MR) is 50.2 cm³/mol. The molecule has 0 aromatic heterocycles. The third-order valence-corrected chi connectivity index (χ3v) is 2.20. The number of benzene rings is 1. The predicted octanol–water partition coefficient (Wildman–Crippen LogP) is 1.26. The summed E-state index contributed by atoms with van der Waals surface area (Å²) in [5.74, 6) is -0.0985. The minimum absolute atomic E-state index is 0.0699. The largest absolute Gasteiger partial charge is 0.496 e. The van der Waals surface area contributed by atoms with E-state index in [1.165, 1.54) is 13.2 Å². The number of carboxylic acid groups (broad SMARTS) is 1. The average Bonchev–Trinajstić information content (AvgIpc) is 2.27. The minimum atomic E-state index is -1.02. The van der Waals surface area contributed by atoms with Crippen molar-refractivity contribution in [3.8, 4) is 11.5 Å². The van der Waals surface area contributed by atoms with Crippen molar-refractivity contribution in [2.24, 2.45) is 0 Å². The first kappa shape index (κ1) is 9.79. The lowest BCUT2D eigenvalue weighted by atomic mass is 10.1. The van der Waals surface area contributed by atoms with Gasteiger partial charge < -0.3 is 19.3 Å². The fourth-order valence-electron chi connectivity index (χ4n) is 1.52. The molecule has 0 saturated carbocycles. The van der Waals surface area contributed by atoms with Crippen LogP contribution in [0.5, 0.6) is 11.5 Å². The van der Waals surface area contributed by atoms with Crippen LogP contribution in [0.4, 0.5) is 0 Å². The second-order valence-corrected chi connectivity index (χ2v) is 3.04. The molecule has 0 aliphatic carbocycles. The Kier molecular flexibility index (Phi) is 2.47. The zero-order chi connectivity index (χ0) is 10.8. The van der Waals surface area contributed by atoms with Crippen molar-refractivity contribution >= 4 is 5.97 Å². The summed E-state index contributed by atoms with van der Waals surface area (Å²) >= 11 is 0. The fourth-order valence-corrected chi connectivity index (χ4v) is 1.52. The van der Waals surface area contributed by atoms with Crippen LogP contribution in [0.15, 0.2) is 12.1 Å². The smallest absolute Gasteiger partial charge is 0.339 e. The topological polar surface area (TPSA) is 65.0 Å². The second-order valence-electron chi connectivity index (χ2n) is 3.04. The van der Waals surface area contributed by atoms with Crippen molar-refractivity contribution < 1.29 is 24.1 Å². The maximum absolute atomic E-state index is 10.9. The molecule has 2 rings (SSSR count). The lowest BCUT2D eigenvalue weighted by Gasteiger charge is -2.21. The first-order valence-electron chi connectivity index (χ1n) is 4.37. The van der Waals surface area contributed by atoms with Gasteiger partial charge in [0, 0.05) is 0 Å². The summed E-state index contributed by atoms with van der Waals surface area (Å²) in [7, 11) is 1.52. The number of methoxy groups -OCH3 is 1. The number of aromatic carboxylic acids is 1. The highest BCUT2D eigenvalue weighted by Crippen LogP contribution is 2.35. The van der Waals surface area contributed by atoms with Crippen LogP contribution in [-0.2, 0) is 11.3 Å². The highest BCUT2D eigenvalue weighted by atomic mass is 16.7. The fraction of sp³-hybridized carbons (Fsp3) is 0.300. The lowest BCUT2D eigenvalue weighted by Crippen LogP contribution is -2.15. The zero-order valence-corrected chi connectivity index (χ0v) is 8.15. The number of rotatable bonds is 2. The number of carbonyl (C=O) groups is 1. The van der Waals surface area contributed by atoms with Crippen molar-refractivity contribution in [1.29, 1.82) is 0 Å². The summed E-state index contributed by atoms with van der Waals surface area (Å²) in [6, 6.07) is 3.06. The van der Waals surface area contributed by atoms with Crippen molar-refractivity contribution in [2.45, 2.75) is 6.61 Å². The SMILES string of the molecule is COc1ccc(C(=O)O)c2c1COCO2. The molecule has 1 heterocycles. The van der Waals surface area contributed by atoms with Gasteiger partial charge in [0.25, 0.3) is 0 Å². The molecule has 5 nitrogen and oxygen atoms in total. The van der Waals surface area contributed by atoms with Crippen LogP contribution >= 0.6 is 0 Å². The summed E-state index contributed by atoms with van der Waals surface area (Å²) in [5, 5.41) is 8.94. The summed E-state index contributed by atoms with van der Waals surface area (Å²) in [5.41, 5.74) is 0.776. The first-order chi connectivity index (χ1) is 7.24. The van der Waals surface area contributed by atoms with Gasteiger partial charge in [0.2, 0.25) is 0 Å². The lowest BCUT2D eigenvalue weighted by molar-refractivity contribution is -0.0182. The molecule has 1 aliphatic heterocycles. The van der Waals surface area contributed by atoms with E-state index < -0.39 is 5.97 Å². The van der Waals surface area contributed by atoms with Gasteiger partial charge >= 0.3 is 5.97 Å². The van der Waals surface area contributed by atoms with Gasteiger partial charge in [-0.3, -0.25) is 0 Å². The Bertz CT molecular complexity index is 399. The van der Waals surface area contributed by atoms with Gasteiger partial charge in [-0.2, -0.15) is 0 Å². The molecule has 0 atom stereocenters. The Hall–Kier alpha value is -1.75. The highest BCUT2D eigenvalue weighted by Gasteiger charge is 2.22. The molecular formula is C10H10O5. The molecule has 1 aromatic carbocycles. The van der Waals surface area contributed by atoms with Crippen LogP contribution in [0, 0.1) is 0 Å². The van der Waals surface area contributed by atoms with Gasteiger partial charge in [-0.15, -0.1) is 0 Å². The quantitative estimate of drug-likeness (QED) is 0.796. The van der Waals surface area contributed by atoms with E-state index in [0.717, 1.165) is 0 Å². The van der Waals surface area contributed by atoms with E-state index in [9.17, 15) is 4.79 Å². The second kappa shape index (κ2) is 3.78. The van der Waals surface area contributed by atoms with Gasteiger partial charge in [-0.05, 0) is 12.1 Å². The van der Waals surface area contributed by atoms with Gasteiger partial charge in [0.1, 0.15) is 17.1 Å². The Morgan fingerprint density at radius 2 is 2.33 bits per heavy atom. The van der Waals surface area contributed by atoms with E-state index in [4.69, 9.17) is 19.3 Å². The summed E-state index contributed by atoms with van der Waals surface area (Å²) in [4.78, 5) is 10.9. The molecule has 1 aromatic rings. The summed E-state index contributed by atoms with van der Waals surface area (Å²) in [6.45, 7) is 0.375. The average molecular weight is 210 g/mol. The minimum Gasteiger partial charge on any atom is -0.496 e. The molecular weight excluding hydrogens is 200 g/mol. The molecule has 1 N–H and O–H groups in total. The monoisotopic (exact) mass is 210 g/mol. The van der Waals surface area contributed by atoms with E-state index in [1.54, 1.807) is 6.07 Å². The van der Waals surface area contributed by atoms with E-state index in [0.29, 0.717) is 23.7 Å². The highest BCUT2D eigenvalue weighted by molar-refractivity contribution is 5.92. The van der Waals surface area contributed by atoms with Gasteiger partial charge in [0.15, 0.2) is 6.79 Å². The molecule has 15 heavy (non-hydrogen) atoms. The van der Waals surface area contributed by atoms with Crippen LogP contribution < -0.4 is 9.47 Å². The zero-order valence-electron chi connectivity index (χ0n) is 8.15. The molecule has 80 valence electrons. The van der Waals surface area contributed by atoms with E-state index >= 15 is 0 Å². The Balaban J connectivity index is 2.57. The normalized spacial score (nSPS) is 13.9. The van der Waals surface area contributed by atoms with E-state index in [-0.39, 0.29) is 12.4 Å². The molecule has 0 fully saturated rings. The van der Waals surface area contributed by atoms with E-state index in [1.807, 2.05) is 0 Å². The van der Waals surface area contributed by atoms with Crippen LogP contribution in [0.2, 0.25) is 0 Å². The molecule has 0 bridgehead atoms. The van der Waals surface area contributed by atoms with Crippen LogP contribution in [-0.4, -0.2) is 25.0 Å².